The van der Waals surface area contributed by atoms with Gasteiger partial charge in [0.2, 0.25) is 5.91 Å². The van der Waals surface area contributed by atoms with Crippen LogP contribution in [0.4, 0.5) is 13.2 Å². The summed E-state index contributed by atoms with van der Waals surface area (Å²) in [6.45, 7) is 0.502. The minimum absolute atomic E-state index is 0.0886. The second kappa shape index (κ2) is 11.7. The highest BCUT2D eigenvalue weighted by molar-refractivity contribution is 7.91. The first-order valence-corrected chi connectivity index (χ1v) is 13.5. The highest BCUT2D eigenvalue weighted by Gasteiger charge is 2.40. The summed E-state index contributed by atoms with van der Waals surface area (Å²) in [4.78, 5) is 27.6. The summed E-state index contributed by atoms with van der Waals surface area (Å²) in [6, 6.07) is 15.3. The van der Waals surface area contributed by atoms with Crippen molar-refractivity contribution >= 4 is 60.8 Å². The number of thiophene rings is 1. The number of hydrogen-bond acceptors (Lipinski definition) is 6. The molecule has 4 rings (SSSR count). The Hall–Kier alpha value is -3.20. The maximum Gasteiger partial charge on any atom is 0.490 e. The van der Waals surface area contributed by atoms with E-state index in [9.17, 15) is 26.4 Å². The number of sulfonamides is 1. The van der Waals surface area contributed by atoms with Gasteiger partial charge in [0.15, 0.2) is 0 Å². The van der Waals surface area contributed by atoms with Gasteiger partial charge in [-0.15, -0.1) is 11.3 Å². The topological polar surface area (TPSA) is 133 Å². The summed E-state index contributed by atoms with van der Waals surface area (Å²) in [6.07, 6.45) is -4.69. The number of amides is 1. The van der Waals surface area contributed by atoms with Crippen LogP contribution >= 0.6 is 22.9 Å². The van der Waals surface area contributed by atoms with Crippen molar-refractivity contribution in [1.82, 2.24) is 9.21 Å². The molecule has 0 radical (unpaired) electrons. The smallest absolute Gasteiger partial charge is 0.475 e. The summed E-state index contributed by atoms with van der Waals surface area (Å²) in [5.74, 6) is -2.70. The van der Waals surface area contributed by atoms with E-state index in [0.717, 1.165) is 31.3 Å². The fraction of sp³-hybridized carbons (Fsp3) is 0.261. The molecule has 15 heteroatoms. The fourth-order valence-corrected chi connectivity index (χ4v) is 6.58. The van der Waals surface area contributed by atoms with E-state index in [1.54, 1.807) is 24.3 Å². The number of aliphatic imine (C=N–C) groups is 1. The van der Waals surface area contributed by atoms with Crippen LogP contribution in [0.25, 0.3) is 10.1 Å². The average Bonchev–Trinajstić information content (AvgIpc) is 3.45. The Morgan fingerprint density at radius 2 is 1.87 bits per heavy atom. The number of hydrogen-bond donors (Lipinski definition) is 2. The van der Waals surface area contributed by atoms with E-state index in [-0.39, 0.29) is 16.8 Å². The van der Waals surface area contributed by atoms with E-state index in [0.29, 0.717) is 23.8 Å². The largest absolute Gasteiger partial charge is 0.490 e. The van der Waals surface area contributed by atoms with Crippen molar-refractivity contribution in [3.05, 3.63) is 65.2 Å². The van der Waals surface area contributed by atoms with E-state index in [2.05, 4.69) is 4.99 Å². The molecule has 204 valence electrons. The van der Waals surface area contributed by atoms with Crippen LogP contribution in [0.2, 0.25) is 5.02 Å². The molecule has 2 aromatic carbocycles. The van der Waals surface area contributed by atoms with E-state index >= 15 is 0 Å². The Balaban J connectivity index is 0.000000505. The lowest BCUT2D eigenvalue weighted by Gasteiger charge is -2.22. The number of carboxylic acids is 1. The molecule has 0 saturated carbocycles. The van der Waals surface area contributed by atoms with E-state index < -0.39 is 28.2 Å². The first-order valence-electron chi connectivity index (χ1n) is 10.8. The highest BCUT2D eigenvalue weighted by Crippen LogP contribution is 2.33. The standard InChI is InChI=1S/C21H21ClN4O3S2.C2HF3O2/c1-25(31(28,29)19-12-15-11-16(22)7-8-18(15)30-19)17-9-10-26(21(17)27)13-24-20(23)14-5-3-2-4-6-14;3-2(4,5)1(6)7/h2-8,11-12,17H,9-10,13H2,1H3,(H2,23,24);(H,6,7)/t17-;/m0./s1. The lowest BCUT2D eigenvalue weighted by molar-refractivity contribution is -0.192. The average molecular weight is 591 g/mol. The molecule has 9 nitrogen and oxygen atoms in total. The van der Waals surface area contributed by atoms with Crippen LogP contribution in [0.3, 0.4) is 0 Å². The molecule has 38 heavy (non-hydrogen) atoms. The molecular weight excluding hydrogens is 569 g/mol. The molecule has 1 fully saturated rings. The zero-order valence-corrected chi connectivity index (χ0v) is 22.1. The third-order valence-corrected chi connectivity index (χ3v) is 9.19. The van der Waals surface area contributed by atoms with Gasteiger partial charge in [0, 0.05) is 28.9 Å². The second-order valence-electron chi connectivity index (χ2n) is 8.03. The summed E-state index contributed by atoms with van der Waals surface area (Å²) in [5.41, 5.74) is 6.78. The molecule has 0 bridgehead atoms. The third kappa shape index (κ3) is 6.81. The van der Waals surface area contributed by atoms with Gasteiger partial charge in [-0.1, -0.05) is 41.9 Å². The number of carbonyl (C=O) groups is 2. The molecule has 1 atom stereocenters. The second-order valence-corrected chi connectivity index (χ2v) is 11.8. The molecule has 0 aliphatic carbocycles. The number of aliphatic carboxylic acids is 1. The van der Waals surface area contributed by atoms with Crippen LogP contribution in [0, 0.1) is 0 Å². The summed E-state index contributed by atoms with van der Waals surface area (Å²) >= 11 is 7.17. The monoisotopic (exact) mass is 590 g/mol. The van der Waals surface area contributed by atoms with Gasteiger partial charge in [0.1, 0.15) is 22.8 Å². The van der Waals surface area contributed by atoms with E-state index in [1.165, 1.54) is 11.9 Å². The Labute approximate surface area is 225 Å². The highest BCUT2D eigenvalue weighted by atomic mass is 35.5. The third-order valence-electron chi connectivity index (χ3n) is 5.52. The van der Waals surface area contributed by atoms with Gasteiger partial charge in [0.05, 0.1) is 0 Å². The number of carbonyl (C=O) groups excluding carboxylic acids is 1. The molecular formula is C23H22ClF3N4O5S2. The number of amidine groups is 1. The Morgan fingerprint density at radius 1 is 1.24 bits per heavy atom. The van der Waals surface area contributed by atoms with Crippen LogP contribution in [-0.2, 0) is 19.6 Å². The number of benzene rings is 2. The number of halogens is 4. The zero-order valence-electron chi connectivity index (χ0n) is 19.7. The van der Waals surface area contributed by atoms with Gasteiger partial charge < -0.3 is 15.7 Å². The first kappa shape index (κ1) is 29.4. The summed E-state index contributed by atoms with van der Waals surface area (Å²) in [7, 11) is -2.38. The number of likely N-dealkylation sites (N-methyl/N-ethyl adjacent to an activating group) is 1. The first-order chi connectivity index (χ1) is 17.7. The van der Waals surface area contributed by atoms with Crippen molar-refractivity contribution in [2.45, 2.75) is 22.8 Å². The van der Waals surface area contributed by atoms with Crippen LogP contribution in [0.1, 0.15) is 12.0 Å². The molecule has 2 heterocycles. The fourth-order valence-electron chi connectivity index (χ4n) is 3.49. The minimum atomic E-state index is -5.08. The van der Waals surface area contributed by atoms with Gasteiger partial charge in [-0.25, -0.2) is 18.2 Å². The molecule has 3 aromatic rings. The predicted molar refractivity (Wildman–Crippen MR) is 138 cm³/mol. The number of nitrogens with two attached hydrogens (primary N) is 1. The number of rotatable bonds is 6. The van der Waals surface area contributed by atoms with E-state index in [4.69, 9.17) is 27.2 Å². The van der Waals surface area contributed by atoms with Gasteiger partial charge in [-0.05, 0) is 36.1 Å². The summed E-state index contributed by atoms with van der Waals surface area (Å²) < 4.78 is 60.2. The van der Waals surface area contributed by atoms with E-state index in [1.807, 2.05) is 30.3 Å². The molecule has 1 aliphatic rings. The molecule has 3 N–H and O–H groups in total. The van der Waals surface area contributed by atoms with Crippen molar-refractivity contribution in [1.29, 1.82) is 0 Å². The summed E-state index contributed by atoms with van der Waals surface area (Å²) in [5, 5.41) is 8.43. The number of nitrogens with zero attached hydrogens (tertiary/aromatic N) is 3. The van der Waals surface area contributed by atoms with Crippen LogP contribution in [-0.4, -0.2) is 72.9 Å². The lowest BCUT2D eigenvalue weighted by atomic mass is 10.2. The quantitative estimate of drug-likeness (QED) is 0.332. The number of carboxylic acid groups (broad SMARTS) is 1. The normalized spacial score (nSPS) is 16.6. The van der Waals surface area contributed by atoms with Crippen molar-refractivity contribution in [3.8, 4) is 0 Å². The molecule has 0 unspecified atom stereocenters. The van der Waals surface area contributed by atoms with Crippen LogP contribution in [0.5, 0.6) is 0 Å². The number of likely N-dealkylation sites (tertiary alicyclic amines) is 1. The number of fused-ring (bicyclic) bond motifs is 1. The zero-order chi connectivity index (χ0) is 28.3. The van der Waals surface area contributed by atoms with Crippen molar-refractivity contribution in [3.63, 3.8) is 0 Å². The minimum Gasteiger partial charge on any atom is -0.475 e. The number of alkyl halides is 3. The van der Waals surface area contributed by atoms with Crippen molar-refractivity contribution < 1.29 is 36.3 Å². The molecule has 1 aliphatic heterocycles. The molecule has 1 saturated heterocycles. The van der Waals surface area contributed by atoms with Gasteiger partial charge in [0.25, 0.3) is 10.0 Å². The van der Waals surface area contributed by atoms with Gasteiger partial charge in [-0.3, -0.25) is 4.79 Å². The van der Waals surface area contributed by atoms with Crippen molar-refractivity contribution in [2.24, 2.45) is 10.7 Å². The van der Waals surface area contributed by atoms with Crippen LogP contribution in [0.15, 0.2) is 63.8 Å². The molecule has 0 spiro atoms. The Morgan fingerprint density at radius 3 is 2.47 bits per heavy atom. The van der Waals surface area contributed by atoms with Crippen LogP contribution < -0.4 is 5.73 Å². The van der Waals surface area contributed by atoms with Gasteiger partial charge in [-0.2, -0.15) is 17.5 Å². The molecule has 1 amide bonds. The Bertz CT molecular complexity index is 1460. The lowest BCUT2D eigenvalue weighted by Crippen LogP contribution is -2.42. The maximum atomic E-state index is 13.2. The van der Waals surface area contributed by atoms with Gasteiger partial charge >= 0.3 is 12.1 Å². The SMILES string of the molecule is CN([C@H]1CCN(CN=C(N)c2ccccc2)C1=O)S(=O)(=O)c1cc2cc(Cl)ccc2s1.O=C(O)C(F)(F)F. The maximum absolute atomic E-state index is 13.2. The van der Waals surface area contributed by atoms with Crippen molar-refractivity contribution in [2.75, 3.05) is 20.3 Å². The predicted octanol–water partition coefficient (Wildman–Crippen LogP) is 3.77. The molecule has 1 aromatic heterocycles. The Kier molecular flexibility index (Phi) is 9.02.